The molecule has 0 saturated carbocycles. The molecule has 0 radical (unpaired) electrons. The summed E-state index contributed by atoms with van der Waals surface area (Å²) in [6.45, 7) is 3.92. The van der Waals surface area contributed by atoms with Gasteiger partial charge in [0.25, 0.3) is 0 Å². The summed E-state index contributed by atoms with van der Waals surface area (Å²) in [7, 11) is 0. The summed E-state index contributed by atoms with van der Waals surface area (Å²) in [5, 5.41) is 0. The number of hydrogen-bond acceptors (Lipinski definition) is 2. The molecule has 2 nitrogen and oxygen atoms in total. The lowest BCUT2D eigenvalue weighted by Gasteiger charge is -2.07. The van der Waals surface area contributed by atoms with E-state index in [0.29, 0.717) is 12.1 Å². The van der Waals surface area contributed by atoms with E-state index in [4.69, 9.17) is 5.73 Å². The van der Waals surface area contributed by atoms with Gasteiger partial charge in [0, 0.05) is 17.7 Å². The number of benzene rings is 2. The van der Waals surface area contributed by atoms with Gasteiger partial charge in [0.1, 0.15) is 0 Å². The summed E-state index contributed by atoms with van der Waals surface area (Å²) in [6.07, 6.45) is 0.423. The Bertz CT molecular complexity index is 587. The number of rotatable bonds is 3. The molecule has 2 N–H and O–H groups in total. The van der Waals surface area contributed by atoms with Gasteiger partial charge in [-0.1, -0.05) is 42.0 Å². The van der Waals surface area contributed by atoms with Gasteiger partial charge in [-0.25, -0.2) is 0 Å². The number of nitrogen functional groups attached to an aromatic ring is 1. The molecule has 0 amide bonds. The van der Waals surface area contributed by atoms with Crippen molar-refractivity contribution in [1.82, 2.24) is 0 Å². The molecule has 0 unspecified atom stereocenters. The third-order valence-corrected chi connectivity index (χ3v) is 3.12. The second-order valence-electron chi connectivity index (χ2n) is 4.61. The van der Waals surface area contributed by atoms with Crippen LogP contribution in [-0.4, -0.2) is 5.78 Å². The molecule has 0 fully saturated rings. The molecule has 0 heterocycles. The van der Waals surface area contributed by atoms with Crippen molar-refractivity contribution in [2.75, 3.05) is 5.73 Å². The lowest BCUT2D eigenvalue weighted by atomic mass is 9.97. The summed E-state index contributed by atoms with van der Waals surface area (Å²) in [4.78, 5) is 12.2. The number of hydrogen-bond donors (Lipinski definition) is 1. The van der Waals surface area contributed by atoms with Crippen molar-refractivity contribution in [3.63, 3.8) is 0 Å². The van der Waals surface area contributed by atoms with Gasteiger partial charge in [-0.15, -0.1) is 0 Å². The molecule has 0 aliphatic carbocycles. The lowest BCUT2D eigenvalue weighted by molar-refractivity contribution is 0.0992. The Hall–Kier alpha value is -2.09. The minimum absolute atomic E-state index is 0.116. The molecule has 0 aromatic heterocycles. The smallest absolute Gasteiger partial charge is 0.167 e. The van der Waals surface area contributed by atoms with Crippen molar-refractivity contribution < 1.29 is 4.79 Å². The van der Waals surface area contributed by atoms with Gasteiger partial charge in [0.15, 0.2) is 5.78 Å². The van der Waals surface area contributed by atoms with Crippen molar-refractivity contribution in [3.8, 4) is 0 Å². The predicted molar refractivity (Wildman–Crippen MR) is 74.8 cm³/mol. The standard InChI is InChI=1S/C16H17NO/c1-11-5-3-6-13(9-11)10-16(18)14-7-4-8-15(17)12(14)2/h3-9H,10,17H2,1-2H3. The Morgan fingerprint density at radius 1 is 1.11 bits per heavy atom. The van der Waals surface area contributed by atoms with E-state index in [1.54, 1.807) is 0 Å². The predicted octanol–water partition coefficient (Wildman–Crippen LogP) is 3.31. The van der Waals surface area contributed by atoms with Crippen LogP contribution in [0.1, 0.15) is 27.0 Å². The maximum atomic E-state index is 12.2. The molecule has 2 heteroatoms. The third kappa shape index (κ3) is 2.59. The molecule has 2 aromatic carbocycles. The Labute approximate surface area is 107 Å². The first-order chi connectivity index (χ1) is 8.58. The molecular formula is C16H17NO. The highest BCUT2D eigenvalue weighted by Crippen LogP contribution is 2.18. The number of ketones is 1. The minimum atomic E-state index is 0.116. The fourth-order valence-electron chi connectivity index (χ4n) is 2.06. The fourth-order valence-corrected chi connectivity index (χ4v) is 2.06. The molecule has 0 bridgehead atoms. The Morgan fingerprint density at radius 2 is 1.83 bits per heavy atom. The van der Waals surface area contributed by atoms with Crippen LogP contribution in [0.2, 0.25) is 0 Å². The van der Waals surface area contributed by atoms with Gasteiger partial charge in [-0.3, -0.25) is 4.79 Å². The highest BCUT2D eigenvalue weighted by Gasteiger charge is 2.11. The van der Waals surface area contributed by atoms with Crippen LogP contribution in [-0.2, 0) is 6.42 Å². The first-order valence-corrected chi connectivity index (χ1v) is 6.02. The van der Waals surface area contributed by atoms with Crippen LogP contribution >= 0.6 is 0 Å². The monoisotopic (exact) mass is 239 g/mol. The fraction of sp³-hybridized carbons (Fsp3) is 0.188. The quantitative estimate of drug-likeness (QED) is 0.659. The number of aryl methyl sites for hydroxylation is 1. The molecular weight excluding hydrogens is 222 g/mol. The minimum Gasteiger partial charge on any atom is -0.398 e. The lowest BCUT2D eigenvalue weighted by Crippen LogP contribution is -2.07. The number of anilines is 1. The van der Waals surface area contributed by atoms with Crippen LogP contribution in [0.4, 0.5) is 5.69 Å². The normalized spacial score (nSPS) is 10.3. The largest absolute Gasteiger partial charge is 0.398 e. The van der Waals surface area contributed by atoms with Gasteiger partial charge in [-0.05, 0) is 31.0 Å². The second-order valence-corrected chi connectivity index (χ2v) is 4.61. The first-order valence-electron chi connectivity index (χ1n) is 6.02. The van der Waals surface area contributed by atoms with Crippen molar-refractivity contribution in [1.29, 1.82) is 0 Å². The van der Waals surface area contributed by atoms with Crippen LogP contribution in [0, 0.1) is 13.8 Å². The van der Waals surface area contributed by atoms with E-state index in [0.717, 1.165) is 16.7 Å². The van der Waals surface area contributed by atoms with Crippen molar-refractivity contribution in [3.05, 3.63) is 64.7 Å². The molecule has 18 heavy (non-hydrogen) atoms. The maximum Gasteiger partial charge on any atom is 0.167 e. The highest BCUT2D eigenvalue weighted by atomic mass is 16.1. The van der Waals surface area contributed by atoms with Crippen LogP contribution in [0.15, 0.2) is 42.5 Å². The Balaban J connectivity index is 2.25. The summed E-state index contributed by atoms with van der Waals surface area (Å²) < 4.78 is 0. The number of carbonyl (C=O) groups is 1. The molecule has 2 aromatic rings. The second kappa shape index (κ2) is 5.05. The van der Waals surface area contributed by atoms with Crippen LogP contribution < -0.4 is 5.73 Å². The molecule has 0 saturated heterocycles. The van der Waals surface area contributed by atoms with E-state index in [1.807, 2.05) is 56.3 Å². The molecule has 0 aliphatic heterocycles. The van der Waals surface area contributed by atoms with Crippen molar-refractivity contribution in [2.45, 2.75) is 20.3 Å². The summed E-state index contributed by atoms with van der Waals surface area (Å²) in [5.74, 6) is 0.116. The number of nitrogens with two attached hydrogens (primary N) is 1. The number of Topliss-reactive ketones (excluding diaryl/α,β-unsaturated/α-hetero) is 1. The van der Waals surface area contributed by atoms with Crippen LogP contribution in [0.3, 0.4) is 0 Å². The third-order valence-electron chi connectivity index (χ3n) is 3.12. The van der Waals surface area contributed by atoms with E-state index >= 15 is 0 Å². The maximum absolute atomic E-state index is 12.2. The van der Waals surface area contributed by atoms with E-state index in [2.05, 4.69) is 0 Å². The molecule has 0 spiro atoms. The Morgan fingerprint density at radius 3 is 2.56 bits per heavy atom. The van der Waals surface area contributed by atoms with E-state index in [9.17, 15) is 4.79 Å². The van der Waals surface area contributed by atoms with Gasteiger partial charge < -0.3 is 5.73 Å². The van der Waals surface area contributed by atoms with Gasteiger partial charge in [0.05, 0.1) is 0 Å². The van der Waals surface area contributed by atoms with Gasteiger partial charge >= 0.3 is 0 Å². The van der Waals surface area contributed by atoms with E-state index in [1.165, 1.54) is 5.56 Å². The van der Waals surface area contributed by atoms with Crippen LogP contribution in [0.25, 0.3) is 0 Å². The molecule has 0 atom stereocenters. The average molecular weight is 239 g/mol. The van der Waals surface area contributed by atoms with E-state index < -0.39 is 0 Å². The first kappa shape index (κ1) is 12.4. The summed E-state index contributed by atoms with van der Waals surface area (Å²) in [6, 6.07) is 13.5. The Kier molecular flexibility index (Phi) is 3.47. The number of carbonyl (C=O) groups excluding carboxylic acids is 1. The SMILES string of the molecule is Cc1cccc(CC(=O)c2cccc(N)c2C)c1. The van der Waals surface area contributed by atoms with Gasteiger partial charge in [-0.2, -0.15) is 0 Å². The van der Waals surface area contributed by atoms with E-state index in [-0.39, 0.29) is 5.78 Å². The van der Waals surface area contributed by atoms with Crippen LogP contribution in [0.5, 0.6) is 0 Å². The molecule has 0 aliphatic rings. The summed E-state index contributed by atoms with van der Waals surface area (Å²) in [5.41, 5.74) is 10.3. The van der Waals surface area contributed by atoms with Gasteiger partial charge in [0.2, 0.25) is 0 Å². The molecule has 2 rings (SSSR count). The zero-order valence-electron chi connectivity index (χ0n) is 10.7. The van der Waals surface area contributed by atoms with Crippen molar-refractivity contribution in [2.24, 2.45) is 0 Å². The highest BCUT2D eigenvalue weighted by molar-refractivity contribution is 5.99. The topological polar surface area (TPSA) is 43.1 Å². The summed E-state index contributed by atoms with van der Waals surface area (Å²) >= 11 is 0. The van der Waals surface area contributed by atoms with Crippen molar-refractivity contribution >= 4 is 11.5 Å². The molecule has 92 valence electrons. The zero-order valence-corrected chi connectivity index (χ0v) is 10.7. The average Bonchev–Trinajstić information content (AvgIpc) is 2.32. The zero-order chi connectivity index (χ0) is 13.1.